The van der Waals surface area contributed by atoms with Crippen LogP contribution in [0.5, 0.6) is 0 Å². The van der Waals surface area contributed by atoms with Crippen molar-refractivity contribution in [2.75, 3.05) is 5.32 Å². The Morgan fingerprint density at radius 3 is 2.87 bits per heavy atom. The molecule has 1 aromatic rings. The van der Waals surface area contributed by atoms with Crippen LogP contribution in [0.4, 0.5) is 5.82 Å². The average molecular weight is 269 g/mol. The van der Waals surface area contributed by atoms with Crippen molar-refractivity contribution in [3.63, 3.8) is 0 Å². The Bertz CT molecular complexity index is 351. The summed E-state index contributed by atoms with van der Waals surface area (Å²) >= 11 is 3.43. The number of hydrogen-bond acceptors (Lipinski definition) is 2. The van der Waals surface area contributed by atoms with E-state index in [9.17, 15) is 0 Å². The molecule has 1 heterocycles. The van der Waals surface area contributed by atoms with Crippen LogP contribution in [-0.2, 0) is 0 Å². The summed E-state index contributed by atoms with van der Waals surface area (Å²) in [6.45, 7) is 4.42. The SMILES string of the molecule is Cc1cc(Br)cnc1NC1CCCC1C. The van der Waals surface area contributed by atoms with Crippen molar-refractivity contribution in [2.24, 2.45) is 5.92 Å². The zero-order valence-corrected chi connectivity index (χ0v) is 10.8. The first kappa shape index (κ1) is 10.9. The van der Waals surface area contributed by atoms with E-state index in [1.54, 1.807) is 0 Å². The van der Waals surface area contributed by atoms with Gasteiger partial charge in [0.2, 0.25) is 0 Å². The van der Waals surface area contributed by atoms with E-state index < -0.39 is 0 Å². The molecule has 1 aliphatic rings. The third-order valence-electron chi connectivity index (χ3n) is 3.23. The van der Waals surface area contributed by atoms with E-state index >= 15 is 0 Å². The minimum atomic E-state index is 0.609. The van der Waals surface area contributed by atoms with Gasteiger partial charge in [0.25, 0.3) is 0 Å². The maximum absolute atomic E-state index is 4.42. The molecule has 2 rings (SSSR count). The van der Waals surface area contributed by atoms with Crippen LogP contribution in [-0.4, -0.2) is 11.0 Å². The molecular weight excluding hydrogens is 252 g/mol. The van der Waals surface area contributed by atoms with Gasteiger partial charge in [-0.2, -0.15) is 0 Å². The van der Waals surface area contributed by atoms with Gasteiger partial charge >= 0.3 is 0 Å². The summed E-state index contributed by atoms with van der Waals surface area (Å²) in [5.74, 6) is 1.81. The topological polar surface area (TPSA) is 24.9 Å². The zero-order chi connectivity index (χ0) is 10.8. The third kappa shape index (κ3) is 2.51. The summed E-state index contributed by atoms with van der Waals surface area (Å²) in [6, 6.07) is 2.71. The predicted octanol–water partition coefficient (Wildman–Crippen LogP) is 3.75. The second-order valence-electron chi connectivity index (χ2n) is 4.48. The van der Waals surface area contributed by atoms with Crippen molar-refractivity contribution in [1.29, 1.82) is 0 Å². The molecule has 1 aliphatic carbocycles. The molecule has 0 radical (unpaired) electrons. The quantitative estimate of drug-likeness (QED) is 0.884. The number of aryl methyl sites for hydroxylation is 1. The van der Waals surface area contributed by atoms with Gasteiger partial charge in [-0.3, -0.25) is 0 Å². The Labute approximate surface area is 99.6 Å². The van der Waals surface area contributed by atoms with Crippen LogP contribution in [0.3, 0.4) is 0 Å². The van der Waals surface area contributed by atoms with Crippen molar-refractivity contribution in [2.45, 2.75) is 39.2 Å². The smallest absolute Gasteiger partial charge is 0.129 e. The Morgan fingerprint density at radius 1 is 1.47 bits per heavy atom. The van der Waals surface area contributed by atoms with Crippen LogP contribution in [0.25, 0.3) is 0 Å². The van der Waals surface area contributed by atoms with Crippen molar-refractivity contribution >= 4 is 21.7 Å². The van der Waals surface area contributed by atoms with E-state index in [1.807, 2.05) is 6.20 Å². The fourth-order valence-corrected chi connectivity index (χ4v) is 2.67. The van der Waals surface area contributed by atoms with E-state index in [0.29, 0.717) is 6.04 Å². The van der Waals surface area contributed by atoms with Crippen molar-refractivity contribution in [3.05, 3.63) is 22.3 Å². The van der Waals surface area contributed by atoms with Gasteiger partial charge in [-0.05, 0) is 53.2 Å². The highest BCUT2D eigenvalue weighted by Gasteiger charge is 2.23. The molecule has 0 spiro atoms. The second kappa shape index (κ2) is 4.52. The van der Waals surface area contributed by atoms with Gasteiger partial charge in [-0.25, -0.2) is 4.98 Å². The molecule has 0 aromatic carbocycles. The number of hydrogen-bond donors (Lipinski definition) is 1. The standard InChI is InChI=1S/C12H17BrN2/c1-8-4-3-5-11(8)15-12-9(2)6-10(13)7-14-12/h6-8,11H,3-5H2,1-2H3,(H,14,15). The van der Waals surface area contributed by atoms with Gasteiger partial charge in [-0.1, -0.05) is 13.3 Å². The zero-order valence-electron chi connectivity index (χ0n) is 9.26. The molecular formula is C12H17BrN2. The summed E-state index contributed by atoms with van der Waals surface area (Å²) in [7, 11) is 0. The van der Waals surface area contributed by atoms with E-state index in [0.717, 1.165) is 16.2 Å². The van der Waals surface area contributed by atoms with Crippen molar-refractivity contribution in [3.8, 4) is 0 Å². The van der Waals surface area contributed by atoms with Gasteiger partial charge in [-0.15, -0.1) is 0 Å². The average Bonchev–Trinajstić information content (AvgIpc) is 2.57. The molecule has 1 aromatic heterocycles. The Hall–Kier alpha value is -0.570. The van der Waals surface area contributed by atoms with Crippen LogP contribution in [0, 0.1) is 12.8 Å². The fraction of sp³-hybridized carbons (Fsp3) is 0.583. The molecule has 0 aliphatic heterocycles. The lowest BCUT2D eigenvalue weighted by atomic mass is 10.1. The minimum absolute atomic E-state index is 0.609. The van der Waals surface area contributed by atoms with Gasteiger partial charge < -0.3 is 5.32 Å². The monoisotopic (exact) mass is 268 g/mol. The molecule has 2 unspecified atom stereocenters. The van der Waals surface area contributed by atoms with Crippen LogP contribution in [0.1, 0.15) is 31.7 Å². The molecule has 0 amide bonds. The summed E-state index contributed by atoms with van der Waals surface area (Å²) in [5, 5.41) is 3.55. The summed E-state index contributed by atoms with van der Waals surface area (Å²) in [6.07, 6.45) is 5.81. The first-order chi connectivity index (χ1) is 7.16. The lowest BCUT2D eigenvalue weighted by Crippen LogP contribution is -2.22. The fourth-order valence-electron chi connectivity index (χ4n) is 2.23. The lowest BCUT2D eigenvalue weighted by Gasteiger charge is -2.19. The number of aromatic nitrogens is 1. The predicted molar refractivity (Wildman–Crippen MR) is 67.1 cm³/mol. The Morgan fingerprint density at radius 2 is 2.27 bits per heavy atom. The van der Waals surface area contributed by atoms with Crippen LogP contribution >= 0.6 is 15.9 Å². The molecule has 3 heteroatoms. The number of anilines is 1. The number of rotatable bonds is 2. The van der Waals surface area contributed by atoms with Crippen molar-refractivity contribution < 1.29 is 0 Å². The maximum atomic E-state index is 4.42. The minimum Gasteiger partial charge on any atom is -0.367 e. The van der Waals surface area contributed by atoms with E-state index in [4.69, 9.17) is 0 Å². The van der Waals surface area contributed by atoms with Gasteiger partial charge in [0.05, 0.1) is 0 Å². The molecule has 1 N–H and O–H groups in total. The van der Waals surface area contributed by atoms with Gasteiger partial charge in [0, 0.05) is 16.7 Å². The van der Waals surface area contributed by atoms with E-state index in [1.165, 1.54) is 24.8 Å². The van der Waals surface area contributed by atoms with Crippen molar-refractivity contribution in [1.82, 2.24) is 4.98 Å². The number of pyridine rings is 1. The van der Waals surface area contributed by atoms with Crippen LogP contribution in [0.2, 0.25) is 0 Å². The van der Waals surface area contributed by atoms with Crippen LogP contribution in [0.15, 0.2) is 16.7 Å². The molecule has 0 bridgehead atoms. The Kier molecular flexibility index (Phi) is 3.29. The highest BCUT2D eigenvalue weighted by Crippen LogP contribution is 2.28. The summed E-state index contributed by atoms with van der Waals surface area (Å²) in [4.78, 5) is 4.42. The highest BCUT2D eigenvalue weighted by atomic mass is 79.9. The molecule has 1 fully saturated rings. The largest absolute Gasteiger partial charge is 0.367 e. The third-order valence-corrected chi connectivity index (χ3v) is 3.66. The molecule has 15 heavy (non-hydrogen) atoms. The van der Waals surface area contributed by atoms with Gasteiger partial charge in [0.15, 0.2) is 0 Å². The van der Waals surface area contributed by atoms with Crippen LogP contribution < -0.4 is 5.32 Å². The summed E-state index contributed by atoms with van der Waals surface area (Å²) in [5.41, 5.74) is 1.21. The number of nitrogens with zero attached hydrogens (tertiary/aromatic N) is 1. The van der Waals surface area contributed by atoms with E-state index in [-0.39, 0.29) is 0 Å². The molecule has 1 saturated carbocycles. The number of halogens is 1. The number of nitrogens with one attached hydrogen (secondary N) is 1. The highest BCUT2D eigenvalue weighted by molar-refractivity contribution is 9.10. The van der Waals surface area contributed by atoms with E-state index in [2.05, 4.69) is 46.1 Å². The first-order valence-electron chi connectivity index (χ1n) is 5.55. The molecule has 2 atom stereocenters. The lowest BCUT2D eigenvalue weighted by molar-refractivity contribution is 0.554. The molecule has 82 valence electrons. The molecule has 2 nitrogen and oxygen atoms in total. The maximum Gasteiger partial charge on any atom is 0.129 e. The first-order valence-corrected chi connectivity index (χ1v) is 6.35. The normalized spacial score (nSPS) is 25.5. The summed E-state index contributed by atoms with van der Waals surface area (Å²) < 4.78 is 1.05. The molecule has 0 saturated heterocycles. The Balaban J connectivity index is 2.10. The second-order valence-corrected chi connectivity index (χ2v) is 5.39. The van der Waals surface area contributed by atoms with Gasteiger partial charge in [0.1, 0.15) is 5.82 Å².